The third-order valence-electron chi connectivity index (χ3n) is 6.25. The summed E-state index contributed by atoms with van der Waals surface area (Å²) in [6, 6.07) is 27.7. The van der Waals surface area contributed by atoms with Gasteiger partial charge in [0.1, 0.15) is 10.1 Å². The van der Waals surface area contributed by atoms with Gasteiger partial charge in [-0.1, -0.05) is 86.4 Å². The van der Waals surface area contributed by atoms with Crippen LogP contribution in [0.15, 0.2) is 96.0 Å². The fraction of sp³-hybridized carbons (Fsp3) is 0.194. The van der Waals surface area contributed by atoms with Crippen molar-refractivity contribution >= 4 is 40.3 Å². The Morgan fingerprint density at radius 2 is 1.61 bits per heavy atom. The molecule has 0 aliphatic carbocycles. The number of amides is 1. The second-order valence-electron chi connectivity index (χ2n) is 9.58. The monoisotopic (exact) mass is 539 g/mol. The zero-order valence-corrected chi connectivity index (χ0v) is 23.2. The summed E-state index contributed by atoms with van der Waals surface area (Å²) in [4.78, 5) is 15.8. The fourth-order valence-corrected chi connectivity index (χ4v) is 5.65. The van der Waals surface area contributed by atoms with Gasteiger partial charge < -0.3 is 4.74 Å². The lowest BCUT2D eigenvalue weighted by Gasteiger charge is -2.23. The number of nitrogens with zero attached hydrogens (tertiary/aromatic N) is 3. The van der Waals surface area contributed by atoms with Gasteiger partial charge in [0.25, 0.3) is 5.91 Å². The molecule has 1 aliphatic rings. The molecule has 38 heavy (non-hydrogen) atoms. The van der Waals surface area contributed by atoms with Gasteiger partial charge in [-0.05, 0) is 60.9 Å². The summed E-state index contributed by atoms with van der Waals surface area (Å²) < 4.78 is 8.26. The molecule has 192 valence electrons. The first-order valence-electron chi connectivity index (χ1n) is 12.6. The fourth-order valence-electron chi connectivity index (χ4n) is 4.24. The van der Waals surface area contributed by atoms with E-state index >= 15 is 0 Å². The van der Waals surface area contributed by atoms with Crippen molar-refractivity contribution < 1.29 is 9.53 Å². The topological polar surface area (TPSA) is 47.4 Å². The highest BCUT2D eigenvalue weighted by Gasteiger charge is 2.36. The van der Waals surface area contributed by atoms with Crippen molar-refractivity contribution in [3.05, 3.63) is 107 Å². The van der Waals surface area contributed by atoms with Crippen LogP contribution in [0.2, 0.25) is 0 Å². The molecule has 3 aromatic carbocycles. The van der Waals surface area contributed by atoms with Crippen LogP contribution in [0.4, 0.5) is 0 Å². The minimum atomic E-state index is -0.153. The SMILES string of the molecule is CC(C)COc1ccc(-c2nn(-c3ccccc3)cc2/C=C2\SC(=S)N([C@@H](C)c3ccccc3)C2=O)cc1. The molecule has 2 heterocycles. The van der Waals surface area contributed by atoms with Gasteiger partial charge in [0, 0.05) is 17.3 Å². The Morgan fingerprint density at radius 3 is 2.26 bits per heavy atom. The number of para-hydroxylation sites is 1. The molecule has 1 saturated heterocycles. The van der Waals surface area contributed by atoms with Crippen LogP contribution in [-0.2, 0) is 4.79 Å². The predicted molar refractivity (Wildman–Crippen MR) is 159 cm³/mol. The van der Waals surface area contributed by atoms with Crippen LogP contribution < -0.4 is 4.74 Å². The standard InChI is InChI=1S/C31H29N3O2S2/c1-21(2)20-36-27-16-14-24(15-17-27)29-25(19-33(32-29)26-12-8-5-9-13-26)18-28-30(35)34(31(37)38-28)22(3)23-10-6-4-7-11-23/h4-19,21-22H,20H2,1-3H3/b28-18-/t22-/m0/s1. The molecule has 5 rings (SSSR count). The number of rotatable bonds is 8. The third kappa shape index (κ3) is 5.59. The number of ether oxygens (including phenoxy) is 1. The summed E-state index contributed by atoms with van der Waals surface area (Å²) in [5, 5.41) is 4.91. The normalized spacial score (nSPS) is 15.5. The largest absolute Gasteiger partial charge is 0.493 e. The molecule has 0 radical (unpaired) electrons. The third-order valence-corrected chi connectivity index (χ3v) is 7.58. The smallest absolute Gasteiger partial charge is 0.266 e. The molecule has 0 N–H and O–H groups in total. The predicted octanol–water partition coefficient (Wildman–Crippen LogP) is 7.54. The van der Waals surface area contributed by atoms with Gasteiger partial charge in [-0.2, -0.15) is 5.10 Å². The molecule has 0 bridgehead atoms. The van der Waals surface area contributed by atoms with Crippen LogP contribution in [0, 0.1) is 5.92 Å². The lowest BCUT2D eigenvalue weighted by molar-refractivity contribution is -0.123. The van der Waals surface area contributed by atoms with Gasteiger partial charge in [-0.3, -0.25) is 9.69 Å². The molecule has 1 fully saturated rings. The number of aromatic nitrogens is 2. The molecule has 4 aromatic rings. The van der Waals surface area contributed by atoms with Gasteiger partial charge >= 0.3 is 0 Å². The Balaban J connectivity index is 1.50. The number of carbonyl (C=O) groups is 1. The summed E-state index contributed by atoms with van der Waals surface area (Å²) in [5.41, 5.74) is 4.55. The first kappa shape index (κ1) is 25.9. The van der Waals surface area contributed by atoms with E-state index in [1.165, 1.54) is 11.8 Å². The minimum Gasteiger partial charge on any atom is -0.493 e. The Kier molecular flexibility index (Phi) is 7.77. The van der Waals surface area contributed by atoms with E-state index in [9.17, 15) is 4.79 Å². The second-order valence-corrected chi connectivity index (χ2v) is 11.3. The van der Waals surface area contributed by atoms with Gasteiger partial charge in [0.15, 0.2) is 0 Å². The summed E-state index contributed by atoms with van der Waals surface area (Å²) >= 11 is 6.98. The van der Waals surface area contributed by atoms with Crippen molar-refractivity contribution in [1.82, 2.24) is 14.7 Å². The average molecular weight is 540 g/mol. The molecular formula is C31H29N3O2S2. The maximum Gasteiger partial charge on any atom is 0.266 e. The first-order chi connectivity index (χ1) is 18.4. The van der Waals surface area contributed by atoms with E-state index in [4.69, 9.17) is 22.1 Å². The summed E-state index contributed by atoms with van der Waals surface area (Å²) in [5.74, 6) is 1.18. The summed E-state index contributed by atoms with van der Waals surface area (Å²) in [7, 11) is 0. The van der Waals surface area contributed by atoms with E-state index in [1.807, 2.05) is 109 Å². The van der Waals surface area contributed by atoms with Crippen LogP contribution in [0.1, 0.15) is 37.9 Å². The zero-order chi connectivity index (χ0) is 26.6. The molecule has 1 aromatic heterocycles. The molecule has 5 nitrogen and oxygen atoms in total. The highest BCUT2D eigenvalue weighted by molar-refractivity contribution is 8.26. The Hall–Kier alpha value is -3.68. The van der Waals surface area contributed by atoms with E-state index in [0.29, 0.717) is 21.8 Å². The molecule has 0 spiro atoms. The lowest BCUT2D eigenvalue weighted by atomic mass is 10.1. The van der Waals surface area contributed by atoms with Crippen molar-refractivity contribution in [2.75, 3.05) is 6.61 Å². The van der Waals surface area contributed by atoms with E-state index in [2.05, 4.69) is 13.8 Å². The molecule has 1 atom stereocenters. The van der Waals surface area contributed by atoms with E-state index in [-0.39, 0.29) is 11.9 Å². The summed E-state index contributed by atoms with van der Waals surface area (Å²) in [6.45, 7) is 6.92. The van der Waals surface area contributed by atoms with Crippen LogP contribution in [0.25, 0.3) is 23.0 Å². The molecule has 0 saturated carbocycles. The highest BCUT2D eigenvalue weighted by atomic mass is 32.2. The number of thioether (sulfide) groups is 1. The number of carbonyl (C=O) groups excluding carboxylic acids is 1. The van der Waals surface area contributed by atoms with E-state index in [0.717, 1.165) is 33.8 Å². The molecule has 7 heteroatoms. The lowest BCUT2D eigenvalue weighted by Crippen LogP contribution is -2.30. The van der Waals surface area contributed by atoms with Crippen molar-refractivity contribution in [2.24, 2.45) is 5.92 Å². The average Bonchev–Trinajstić information content (AvgIpc) is 3.48. The minimum absolute atomic E-state index is 0.0906. The Bertz CT molecular complexity index is 1460. The Morgan fingerprint density at radius 1 is 0.947 bits per heavy atom. The maximum absolute atomic E-state index is 13.5. The van der Waals surface area contributed by atoms with E-state index < -0.39 is 0 Å². The highest BCUT2D eigenvalue weighted by Crippen LogP contribution is 2.39. The van der Waals surface area contributed by atoms with Gasteiger partial charge in [0.2, 0.25) is 0 Å². The number of thiocarbonyl (C=S) groups is 1. The van der Waals surface area contributed by atoms with Gasteiger partial charge in [0.05, 0.1) is 28.9 Å². The number of hydrogen-bond acceptors (Lipinski definition) is 5. The first-order valence-corrected chi connectivity index (χ1v) is 13.8. The van der Waals surface area contributed by atoms with Crippen molar-refractivity contribution in [3.8, 4) is 22.7 Å². The van der Waals surface area contributed by atoms with Crippen molar-refractivity contribution in [2.45, 2.75) is 26.8 Å². The molecule has 1 aliphatic heterocycles. The van der Waals surface area contributed by atoms with Gasteiger partial charge in [-0.15, -0.1) is 0 Å². The molecule has 0 unspecified atom stereocenters. The quantitative estimate of drug-likeness (QED) is 0.171. The van der Waals surface area contributed by atoms with Crippen LogP contribution in [0.5, 0.6) is 5.75 Å². The molecule has 1 amide bonds. The van der Waals surface area contributed by atoms with Gasteiger partial charge in [-0.25, -0.2) is 4.68 Å². The zero-order valence-electron chi connectivity index (χ0n) is 21.6. The number of benzene rings is 3. The van der Waals surface area contributed by atoms with Crippen LogP contribution in [0.3, 0.4) is 0 Å². The van der Waals surface area contributed by atoms with Crippen LogP contribution >= 0.6 is 24.0 Å². The maximum atomic E-state index is 13.5. The van der Waals surface area contributed by atoms with E-state index in [1.54, 1.807) is 4.90 Å². The second kappa shape index (κ2) is 11.4. The van der Waals surface area contributed by atoms with Crippen molar-refractivity contribution in [3.63, 3.8) is 0 Å². The Labute approximate surface area is 233 Å². The molecular weight excluding hydrogens is 510 g/mol. The summed E-state index contributed by atoms with van der Waals surface area (Å²) in [6.07, 6.45) is 3.86. The van der Waals surface area contributed by atoms with Crippen LogP contribution in [-0.4, -0.2) is 31.5 Å². The number of hydrogen-bond donors (Lipinski definition) is 0. The van der Waals surface area contributed by atoms with Crippen molar-refractivity contribution in [1.29, 1.82) is 0 Å².